The molecule has 2 aliphatic heterocycles. The zero-order valence-electron chi connectivity index (χ0n) is 25.5. The Kier molecular flexibility index (Phi) is 7.68. The first-order valence-electron chi connectivity index (χ1n) is 14.9. The first-order valence-corrected chi connectivity index (χ1v) is 14.9. The Bertz CT molecular complexity index is 1720. The summed E-state index contributed by atoms with van der Waals surface area (Å²) in [6.45, 7) is 10.8. The van der Waals surface area contributed by atoms with Crippen molar-refractivity contribution >= 4 is 33.7 Å². The lowest BCUT2D eigenvalue weighted by molar-refractivity contribution is 0.0240. The van der Waals surface area contributed by atoms with Crippen LogP contribution in [0, 0.1) is 6.92 Å². The lowest BCUT2D eigenvalue weighted by Gasteiger charge is -2.36. The van der Waals surface area contributed by atoms with Crippen molar-refractivity contribution in [3.63, 3.8) is 0 Å². The SMILES string of the molecule is Cc1nc2c(N3CCN(C(=O)OC(C)(C)C)CC3)nc(OC[C@@H]3CCCN3C)nc2c(=O)n1-c1cccc2ccccc12. The molecule has 11 heteroatoms. The summed E-state index contributed by atoms with van der Waals surface area (Å²) in [6.07, 6.45) is 1.82. The van der Waals surface area contributed by atoms with Gasteiger partial charge in [0.2, 0.25) is 0 Å². The Morgan fingerprint density at radius 1 is 0.953 bits per heavy atom. The van der Waals surface area contributed by atoms with Gasteiger partial charge in [0.1, 0.15) is 23.5 Å². The zero-order chi connectivity index (χ0) is 30.3. The van der Waals surface area contributed by atoms with Crippen molar-refractivity contribution in [2.75, 3.05) is 51.3 Å². The first kappa shape index (κ1) is 28.9. The van der Waals surface area contributed by atoms with Crippen LogP contribution in [0.5, 0.6) is 6.01 Å². The number of nitrogens with zero attached hydrogens (tertiary/aromatic N) is 7. The molecule has 2 aromatic heterocycles. The molecule has 2 fully saturated rings. The van der Waals surface area contributed by atoms with Gasteiger partial charge in [0, 0.05) is 37.6 Å². The van der Waals surface area contributed by atoms with Crippen molar-refractivity contribution in [3.05, 3.63) is 58.6 Å². The average Bonchev–Trinajstić information content (AvgIpc) is 3.39. The lowest BCUT2D eigenvalue weighted by Crippen LogP contribution is -2.50. The van der Waals surface area contributed by atoms with Gasteiger partial charge in [-0.05, 0) is 65.6 Å². The summed E-state index contributed by atoms with van der Waals surface area (Å²) in [5.41, 5.74) is 0.527. The number of aromatic nitrogens is 4. The molecule has 43 heavy (non-hydrogen) atoms. The highest BCUT2D eigenvalue weighted by Gasteiger charge is 2.29. The monoisotopic (exact) mass is 585 g/mol. The average molecular weight is 586 g/mol. The molecule has 0 bridgehead atoms. The van der Waals surface area contributed by atoms with Crippen LogP contribution in [0.4, 0.5) is 10.6 Å². The molecular formula is C32H39N7O4. The second kappa shape index (κ2) is 11.4. The van der Waals surface area contributed by atoms with Crippen LogP contribution in [0.1, 0.15) is 39.4 Å². The van der Waals surface area contributed by atoms with E-state index in [0.717, 1.165) is 35.8 Å². The van der Waals surface area contributed by atoms with E-state index in [1.54, 1.807) is 9.47 Å². The summed E-state index contributed by atoms with van der Waals surface area (Å²) in [5.74, 6) is 1.07. The highest BCUT2D eigenvalue weighted by molar-refractivity contribution is 5.91. The van der Waals surface area contributed by atoms with Crippen LogP contribution in [0.25, 0.3) is 27.5 Å². The maximum absolute atomic E-state index is 14.2. The zero-order valence-corrected chi connectivity index (χ0v) is 25.5. The number of hydrogen-bond donors (Lipinski definition) is 0. The number of aryl methyl sites for hydroxylation is 1. The molecule has 11 nitrogen and oxygen atoms in total. The number of rotatable bonds is 5. The minimum atomic E-state index is -0.567. The number of likely N-dealkylation sites (tertiary alicyclic amines) is 1. The smallest absolute Gasteiger partial charge is 0.410 e. The lowest BCUT2D eigenvalue weighted by atomic mass is 10.1. The molecule has 1 amide bonds. The molecule has 2 saturated heterocycles. The summed E-state index contributed by atoms with van der Waals surface area (Å²) in [5, 5.41) is 1.98. The molecule has 0 unspecified atom stereocenters. The number of likely N-dealkylation sites (N-methyl/N-ethyl adjacent to an activating group) is 1. The molecule has 2 aliphatic rings. The van der Waals surface area contributed by atoms with Crippen LogP contribution in [-0.4, -0.2) is 93.4 Å². The van der Waals surface area contributed by atoms with E-state index in [4.69, 9.17) is 19.4 Å². The van der Waals surface area contributed by atoms with Gasteiger partial charge >= 0.3 is 12.1 Å². The summed E-state index contributed by atoms with van der Waals surface area (Å²) in [6, 6.07) is 14.3. The Labute approximate surface area is 251 Å². The number of ether oxygens (including phenoxy) is 2. The van der Waals surface area contributed by atoms with Gasteiger partial charge in [-0.3, -0.25) is 9.36 Å². The predicted octanol–water partition coefficient (Wildman–Crippen LogP) is 4.17. The van der Waals surface area contributed by atoms with Crippen molar-refractivity contribution in [1.29, 1.82) is 0 Å². The van der Waals surface area contributed by atoms with E-state index in [2.05, 4.69) is 16.9 Å². The number of piperazine rings is 1. The van der Waals surface area contributed by atoms with Crippen molar-refractivity contribution in [2.24, 2.45) is 0 Å². The maximum Gasteiger partial charge on any atom is 0.410 e. The topological polar surface area (TPSA) is 106 Å². The van der Waals surface area contributed by atoms with Gasteiger partial charge in [-0.15, -0.1) is 0 Å². The number of carbonyl (C=O) groups excluding carboxylic acids is 1. The molecule has 4 heterocycles. The summed E-state index contributed by atoms with van der Waals surface area (Å²) >= 11 is 0. The van der Waals surface area contributed by atoms with E-state index in [9.17, 15) is 9.59 Å². The Hall–Kier alpha value is -4.25. The minimum Gasteiger partial charge on any atom is -0.462 e. The Morgan fingerprint density at radius 2 is 1.70 bits per heavy atom. The third kappa shape index (κ3) is 5.86. The molecule has 6 rings (SSSR count). The summed E-state index contributed by atoms with van der Waals surface area (Å²) in [7, 11) is 2.09. The third-order valence-corrected chi connectivity index (χ3v) is 8.16. The maximum atomic E-state index is 14.2. The number of carbonyl (C=O) groups is 1. The fraction of sp³-hybridized carbons (Fsp3) is 0.469. The Morgan fingerprint density at radius 3 is 2.42 bits per heavy atom. The highest BCUT2D eigenvalue weighted by Crippen LogP contribution is 2.28. The largest absolute Gasteiger partial charge is 0.462 e. The van der Waals surface area contributed by atoms with E-state index >= 15 is 0 Å². The number of benzene rings is 2. The van der Waals surface area contributed by atoms with Crippen LogP contribution >= 0.6 is 0 Å². The van der Waals surface area contributed by atoms with Crippen LogP contribution in [0.2, 0.25) is 0 Å². The molecule has 0 saturated carbocycles. The molecule has 4 aromatic rings. The number of anilines is 1. The van der Waals surface area contributed by atoms with Crippen LogP contribution in [0.3, 0.4) is 0 Å². The fourth-order valence-corrected chi connectivity index (χ4v) is 5.90. The fourth-order valence-electron chi connectivity index (χ4n) is 5.90. The van der Waals surface area contributed by atoms with E-state index in [1.165, 1.54) is 0 Å². The molecule has 226 valence electrons. The normalized spacial score (nSPS) is 18.0. The van der Waals surface area contributed by atoms with Crippen LogP contribution < -0.4 is 15.2 Å². The van der Waals surface area contributed by atoms with Gasteiger partial charge in [0.05, 0.1) is 5.69 Å². The van der Waals surface area contributed by atoms with Gasteiger partial charge in [0.15, 0.2) is 11.3 Å². The van der Waals surface area contributed by atoms with Crippen LogP contribution in [0.15, 0.2) is 47.3 Å². The van der Waals surface area contributed by atoms with Crippen molar-refractivity contribution in [3.8, 4) is 11.7 Å². The van der Waals surface area contributed by atoms with Crippen LogP contribution in [-0.2, 0) is 4.74 Å². The molecule has 0 N–H and O–H groups in total. The predicted molar refractivity (Wildman–Crippen MR) is 166 cm³/mol. The van der Waals surface area contributed by atoms with E-state index in [-0.39, 0.29) is 29.2 Å². The number of fused-ring (bicyclic) bond motifs is 2. The molecule has 0 spiro atoms. The third-order valence-electron chi connectivity index (χ3n) is 8.16. The molecule has 1 atom stereocenters. The highest BCUT2D eigenvalue weighted by atomic mass is 16.6. The van der Waals surface area contributed by atoms with Gasteiger partial charge < -0.3 is 24.2 Å². The van der Waals surface area contributed by atoms with E-state index in [1.807, 2.05) is 75.1 Å². The standard InChI is InChI=1S/C32H39N7O4/c1-21-33-26-27(29(40)39(21)25-14-8-11-22-10-6-7-13-24(22)25)34-30(42-20-23-12-9-15-36(23)5)35-28(26)37-16-18-38(19-17-37)31(41)43-32(2,3)4/h6-8,10-11,13-14,23H,9,12,15-20H2,1-5H3/t23-/m0/s1. The second-order valence-electron chi connectivity index (χ2n) is 12.4. The van der Waals surface area contributed by atoms with Crippen molar-refractivity contribution in [2.45, 2.75) is 52.2 Å². The molecule has 0 aliphatic carbocycles. The molecule has 2 aromatic carbocycles. The van der Waals surface area contributed by atoms with E-state index < -0.39 is 5.60 Å². The first-order chi connectivity index (χ1) is 20.6. The summed E-state index contributed by atoms with van der Waals surface area (Å²) in [4.78, 5) is 47.3. The van der Waals surface area contributed by atoms with Gasteiger partial charge in [0.25, 0.3) is 5.56 Å². The number of hydrogen-bond acceptors (Lipinski definition) is 9. The van der Waals surface area contributed by atoms with Crippen molar-refractivity contribution in [1.82, 2.24) is 29.3 Å². The summed E-state index contributed by atoms with van der Waals surface area (Å²) < 4.78 is 13.4. The van der Waals surface area contributed by atoms with Gasteiger partial charge in [-0.25, -0.2) is 9.78 Å². The molecule has 0 radical (unpaired) electrons. The van der Waals surface area contributed by atoms with Gasteiger partial charge in [-0.2, -0.15) is 9.97 Å². The minimum absolute atomic E-state index is 0.157. The Balaban J connectivity index is 1.40. The second-order valence-corrected chi connectivity index (χ2v) is 12.4. The number of amides is 1. The van der Waals surface area contributed by atoms with Gasteiger partial charge in [-0.1, -0.05) is 36.4 Å². The molecular weight excluding hydrogens is 546 g/mol. The quantitative estimate of drug-likeness (QED) is 0.341. The van der Waals surface area contributed by atoms with Crippen molar-refractivity contribution < 1.29 is 14.3 Å². The van der Waals surface area contributed by atoms with E-state index in [0.29, 0.717) is 49.9 Å².